The molecule has 8 rings (SSSR count). The number of nitrogens with one attached hydrogen (secondary N) is 2. The van der Waals surface area contributed by atoms with E-state index in [1.165, 1.54) is 0 Å². The molecule has 1 unspecified atom stereocenters. The molecule has 1 atom stereocenters. The van der Waals surface area contributed by atoms with Crippen LogP contribution in [0.5, 0.6) is 11.5 Å². The summed E-state index contributed by atoms with van der Waals surface area (Å²) in [6, 6.07) is 9.56. The average molecular weight is 681 g/mol. The Morgan fingerprint density at radius 2 is 1.70 bits per heavy atom. The van der Waals surface area contributed by atoms with E-state index < -0.39 is 6.04 Å². The fourth-order valence-corrected chi connectivity index (χ4v) is 8.46. The number of hydrogen-bond donors (Lipinski definition) is 2. The van der Waals surface area contributed by atoms with Crippen molar-refractivity contribution in [2.75, 3.05) is 45.3 Å². The van der Waals surface area contributed by atoms with Crippen LogP contribution in [0.25, 0.3) is 22.0 Å². The third-order valence-corrected chi connectivity index (χ3v) is 11.4. The maximum Gasteiger partial charge on any atom is 0.274 e. The molecule has 2 aromatic heterocycles. The first-order chi connectivity index (χ1) is 24.1. The number of carbonyl (C=O) groups excluding carboxylic acids is 3. The lowest BCUT2D eigenvalue weighted by atomic mass is 9.71. The molecule has 262 valence electrons. The molecule has 4 aliphatic heterocycles. The molecule has 0 saturated carbocycles. The number of rotatable bonds is 7. The molecule has 0 aliphatic carbocycles. The predicted molar refractivity (Wildman–Crippen MR) is 191 cm³/mol. The van der Waals surface area contributed by atoms with Crippen LogP contribution in [0.3, 0.4) is 0 Å². The van der Waals surface area contributed by atoms with E-state index in [2.05, 4.69) is 26.2 Å². The van der Waals surface area contributed by atoms with Gasteiger partial charge in [-0.05, 0) is 80.2 Å². The Labute approximate surface area is 291 Å². The van der Waals surface area contributed by atoms with Gasteiger partial charge in [-0.15, -0.1) is 0 Å². The molecule has 3 fully saturated rings. The number of imide groups is 1. The molecule has 50 heavy (non-hydrogen) atoms. The zero-order valence-electron chi connectivity index (χ0n) is 28.9. The van der Waals surface area contributed by atoms with Crippen molar-refractivity contribution in [3.63, 3.8) is 0 Å². The van der Waals surface area contributed by atoms with E-state index >= 15 is 0 Å². The molecule has 0 radical (unpaired) electrons. The Morgan fingerprint density at radius 3 is 2.38 bits per heavy atom. The van der Waals surface area contributed by atoms with Crippen LogP contribution in [-0.2, 0) is 29.7 Å². The Hall–Kier alpha value is -5.10. The van der Waals surface area contributed by atoms with Gasteiger partial charge in [0.2, 0.25) is 11.8 Å². The second-order valence-electron chi connectivity index (χ2n) is 14.4. The zero-order valence-corrected chi connectivity index (χ0v) is 28.9. The molecule has 4 aromatic rings. The number of hydrogen-bond acceptors (Lipinski definition) is 8. The molecule has 0 bridgehead atoms. The highest BCUT2D eigenvalue weighted by atomic mass is 16.5. The van der Waals surface area contributed by atoms with Crippen LogP contribution in [-0.4, -0.2) is 83.5 Å². The largest absolute Gasteiger partial charge is 0.496 e. The summed E-state index contributed by atoms with van der Waals surface area (Å²) in [4.78, 5) is 59.8. The molecule has 1 spiro atoms. The number of pyridine rings is 1. The summed E-state index contributed by atoms with van der Waals surface area (Å²) in [5.74, 6) is 0.707. The lowest BCUT2D eigenvalue weighted by molar-refractivity contribution is -0.136. The topological polar surface area (TPSA) is 129 Å². The predicted octanol–water partition coefficient (Wildman–Crippen LogP) is 3.97. The molecule has 2 N–H and O–H groups in total. The van der Waals surface area contributed by atoms with Crippen molar-refractivity contribution in [1.82, 2.24) is 24.7 Å². The van der Waals surface area contributed by atoms with Crippen molar-refractivity contribution >= 4 is 34.3 Å². The van der Waals surface area contributed by atoms with Gasteiger partial charge in [-0.1, -0.05) is 6.07 Å². The number of amides is 3. The van der Waals surface area contributed by atoms with Crippen LogP contribution < -0.4 is 25.2 Å². The van der Waals surface area contributed by atoms with Gasteiger partial charge in [0.1, 0.15) is 23.1 Å². The Bertz CT molecular complexity index is 2100. The smallest absolute Gasteiger partial charge is 0.274 e. The van der Waals surface area contributed by atoms with Gasteiger partial charge in [0.25, 0.3) is 11.5 Å². The Morgan fingerprint density at radius 1 is 0.980 bits per heavy atom. The highest BCUT2D eigenvalue weighted by molar-refractivity contribution is 6.05. The lowest BCUT2D eigenvalue weighted by Crippen LogP contribution is -2.60. The Kier molecular flexibility index (Phi) is 7.74. The minimum absolute atomic E-state index is 0. The minimum atomic E-state index is -0.605. The SMILES string of the molecule is COc1cc(-c2cn(C)c(=O)c3[nH]cc(C)c23)cc(OC)c1CN1CCC2(CC1)CN(c1ccc3c(c1)C(=O)N(C1CCC(=O)NC1=O)C3)C2.[HH]. The first-order valence-corrected chi connectivity index (χ1v) is 17.3. The monoisotopic (exact) mass is 680 g/mol. The van der Waals surface area contributed by atoms with Gasteiger partial charge in [0.15, 0.2) is 0 Å². The number of aryl methyl sites for hydroxylation is 2. The summed E-state index contributed by atoms with van der Waals surface area (Å²) in [7, 11) is 5.14. The van der Waals surface area contributed by atoms with Crippen molar-refractivity contribution in [2.24, 2.45) is 12.5 Å². The number of ether oxygens (including phenoxy) is 2. The van der Waals surface area contributed by atoms with E-state index in [1.54, 1.807) is 30.7 Å². The van der Waals surface area contributed by atoms with Crippen LogP contribution in [0, 0.1) is 12.3 Å². The number of aromatic nitrogens is 2. The summed E-state index contributed by atoms with van der Waals surface area (Å²) >= 11 is 0. The zero-order chi connectivity index (χ0) is 34.9. The number of aromatic amines is 1. The standard InChI is InChI=1S/C38H42N6O6.H2/c1-22-16-39-34-33(22)27(18-41(2)37(34)48)24-13-30(49-3)28(31(14-24)50-4)19-42-11-9-38(10-12-42)20-43(21-38)25-6-5-23-17-44(36(47)26(23)15-25)29-7-8-32(45)40-35(29)46;/h5-6,13-16,18,29,39H,7-12,17,19-21H2,1-4H3,(H,40,45,46);1H. The third kappa shape index (κ3) is 5.24. The number of methoxy groups -OCH3 is 2. The molecule has 6 heterocycles. The van der Waals surface area contributed by atoms with Crippen LogP contribution in [0.2, 0.25) is 0 Å². The number of likely N-dealkylation sites (tertiary alicyclic amines) is 1. The van der Waals surface area contributed by atoms with Crippen molar-refractivity contribution in [3.05, 3.63) is 75.3 Å². The summed E-state index contributed by atoms with van der Waals surface area (Å²) < 4.78 is 13.5. The number of fused-ring (bicyclic) bond motifs is 2. The summed E-state index contributed by atoms with van der Waals surface area (Å²) in [6.07, 6.45) is 6.50. The number of piperidine rings is 2. The van der Waals surface area contributed by atoms with E-state index in [-0.39, 0.29) is 36.5 Å². The molecule has 3 amide bonds. The third-order valence-electron chi connectivity index (χ3n) is 11.4. The van der Waals surface area contributed by atoms with Gasteiger partial charge in [-0.2, -0.15) is 0 Å². The van der Waals surface area contributed by atoms with Crippen molar-refractivity contribution in [1.29, 1.82) is 0 Å². The molecule has 3 saturated heterocycles. The van der Waals surface area contributed by atoms with Crippen LogP contribution in [0.4, 0.5) is 5.69 Å². The lowest BCUT2D eigenvalue weighted by Gasteiger charge is -2.55. The first-order valence-electron chi connectivity index (χ1n) is 17.3. The molecule has 12 heteroatoms. The van der Waals surface area contributed by atoms with Crippen LogP contribution >= 0.6 is 0 Å². The van der Waals surface area contributed by atoms with Gasteiger partial charge in [-0.3, -0.25) is 29.4 Å². The minimum Gasteiger partial charge on any atom is -0.496 e. The van der Waals surface area contributed by atoms with Gasteiger partial charge in [0.05, 0.1) is 19.8 Å². The summed E-state index contributed by atoms with van der Waals surface area (Å²) in [5.41, 5.74) is 7.25. The maximum absolute atomic E-state index is 13.4. The Balaban J connectivity index is 0.00000406. The van der Waals surface area contributed by atoms with Gasteiger partial charge in [0, 0.05) is 81.1 Å². The molecule has 12 nitrogen and oxygen atoms in total. The van der Waals surface area contributed by atoms with Crippen molar-refractivity contribution < 1.29 is 25.3 Å². The first kappa shape index (κ1) is 32.1. The highest BCUT2D eigenvalue weighted by Gasteiger charge is 2.46. The fraction of sp³-hybridized carbons (Fsp3) is 0.421. The molecular formula is C38H44N6O6. The second kappa shape index (κ2) is 12.0. The van der Waals surface area contributed by atoms with E-state index in [0.29, 0.717) is 30.6 Å². The average Bonchev–Trinajstić information content (AvgIpc) is 3.65. The van der Waals surface area contributed by atoms with Crippen LogP contribution in [0.15, 0.2) is 47.5 Å². The van der Waals surface area contributed by atoms with E-state index in [0.717, 1.165) is 89.4 Å². The quantitative estimate of drug-likeness (QED) is 0.281. The summed E-state index contributed by atoms with van der Waals surface area (Å²) in [6.45, 7) is 6.89. The highest BCUT2D eigenvalue weighted by Crippen LogP contribution is 2.45. The van der Waals surface area contributed by atoms with Gasteiger partial charge in [-0.25, -0.2) is 0 Å². The van der Waals surface area contributed by atoms with E-state index in [9.17, 15) is 19.2 Å². The van der Waals surface area contributed by atoms with Crippen molar-refractivity contribution in [2.45, 2.75) is 51.7 Å². The molecule has 2 aromatic carbocycles. The van der Waals surface area contributed by atoms with Gasteiger partial charge < -0.3 is 28.8 Å². The van der Waals surface area contributed by atoms with Crippen molar-refractivity contribution in [3.8, 4) is 22.6 Å². The number of nitrogens with zero attached hydrogens (tertiary/aromatic N) is 4. The van der Waals surface area contributed by atoms with E-state index in [1.807, 2.05) is 43.6 Å². The number of benzene rings is 2. The van der Waals surface area contributed by atoms with Crippen LogP contribution in [0.1, 0.15) is 54.2 Å². The number of carbonyl (C=O) groups is 3. The number of anilines is 1. The second-order valence-corrected chi connectivity index (χ2v) is 14.4. The fourth-order valence-electron chi connectivity index (χ4n) is 8.46. The van der Waals surface area contributed by atoms with E-state index in [4.69, 9.17) is 9.47 Å². The maximum atomic E-state index is 13.4. The number of H-pyrrole nitrogens is 1. The molecular weight excluding hydrogens is 636 g/mol. The molecule has 4 aliphatic rings. The summed E-state index contributed by atoms with van der Waals surface area (Å²) in [5, 5.41) is 3.28. The van der Waals surface area contributed by atoms with Gasteiger partial charge >= 0.3 is 0 Å². The normalized spacial score (nSPS) is 20.3.